The average Bonchev–Trinajstić information content (AvgIpc) is 3.14. The minimum Gasteiger partial charge on any atom is -0.373 e. The van der Waals surface area contributed by atoms with Crippen LogP contribution in [-0.2, 0) is 4.74 Å². The van der Waals surface area contributed by atoms with Gasteiger partial charge in [-0.3, -0.25) is 4.79 Å². The number of ether oxygens (including phenoxy) is 1. The monoisotopic (exact) mass is 304 g/mol. The molecule has 1 saturated heterocycles. The van der Waals surface area contributed by atoms with Gasteiger partial charge in [-0.1, -0.05) is 41.9 Å². The van der Waals surface area contributed by atoms with Crippen LogP contribution in [0.15, 0.2) is 42.6 Å². The lowest BCUT2D eigenvalue weighted by Gasteiger charge is -2.19. The van der Waals surface area contributed by atoms with Gasteiger partial charge in [0.1, 0.15) is 5.69 Å². The lowest BCUT2D eigenvalue weighted by molar-refractivity contribution is 0.0844. The lowest BCUT2D eigenvalue weighted by atomic mass is 9.95. The molecule has 3 rings (SSSR count). The maximum atomic E-state index is 12.0. The van der Waals surface area contributed by atoms with Crippen molar-refractivity contribution in [2.45, 2.75) is 12.5 Å². The number of H-pyrrole nitrogens is 1. The van der Waals surface area contributed by atoms with Gasteiger partial charge in [0, 0.05) is 25.3 Å². The van der Waals surface area contributed by atoms with E-state index >= 15 is 0 Å². The summed E-state index contributed by atoms with van der Waals surface area (Å²) < 4.78 is 5.81. The van der Waals surface area contributed by atoms with Gasteiger partial charge < -0.3 is 15.0 Å². The highest BCUT2D eigenvalue weighted by molar-refractivity contribution is 6.30. The summed E-state index contributed by atoms with van der Waals surface area (Å²) in [5.74, 6) is 0.155. The molecule has 1 aromatic carbocycles. The molecule has 4 nitrogen and oxygen atoms in total. The molecule has 0 bridgehead atoms. The molecule has 0 saturated carbocycles. The van der Waals surface area contributed by atoms with Crippen LogP contribution >= 0.6 is 11.6 Å². The molecule has 1 aromatic heterocycles. The van der Waals surface area contributed by atoms with E-state index in [4.69, 9.17) is 16.3 Å². The second-order valence-electron chi connectivity index (χ2n) is 5.19. The van der Waals surface area contributed by atoms with Crippen molar-refractivity contribution < 1.29 is 9.53 Å². The lowest BCUT2D eigenvalue weighted by Crippen LogP contribution is -2.30. The molecule has 2 atom stereocenters. The number of hydrogen-bond acceptors (Lipinski definition) is 2. The van der Waals surface area contributed by atoms with Gasteiger partial charge in [-0.15, -0.1) is 0 Å². The van der Waals surface area contributed by atoms with Crippen LogP contribution in [-0.4, -0.2) is 24.0 Å². The van der Waals surface area contributed by atoms with E-state index in [2.05, 4.69) is 22.4 Å². The summed E-state index contributed by atoms with van der Waals surface area (Å²) in [5.41, 5.74) is 1.65. The van der Waals surface area contributed by atoms with Gasteiger partial charge in [-0.25, -0.2) is 0 Å². The van der Waals surface area contributed by atoms with E-state index in [0.29, 0.717) is 23.2 Å². The zero-order valence-corrected chi connectivity index (χ0v) is 12.3. The van der Waals surface area contributed by atoms with Crippen LogP contribution in [0.1, 0.15) is 28.6 Å². The fourth-order valence-corrected chi connectivity index (χ4v) is 2.84. The molecule has 110 valence electrons. The van der Waals surface area contributed by atoms with Crippen molar-refractivity contribution in [3.63, 3.8) is 0 Å². The van der Waals surface area contributed by atoms with Crippen molar-refractivity contribution in [2.75, 3.05) is 13.2 Å². The molecule has 0 aliphatic carbocycles. The third-order valence-electron chi connectivity index (χ3n) is 3.76. The van der Waals surface area contributed by atoms with E-state index in [1.54, 1.807) is 12.3 Å². The maximum absolute atomic E-state index is 12.0. The Hall–Kier alpha value is -1.78. The second kappa shape index (κ2) is 6.33. The molecule has 0 radical (unpaired) electrons. The predicted molar refractivity (Wildman–Crippen MR) is 81.4 cm³/mol. The van der Waals surface area contributed by atoms with Gasteiger partial charge in [0.2, 0.25) is 0 Å². The smallest absolute Gasteiger partial charge is 0.267 e. The first-order chi connectivity index (χ1) is 10.2. The SMILES string of the molecule is O=C(NC[C@H]1CCO[C@@H]1c1ccccc1)c1cc(Cl)c[nH]1. The molecule has 0 spiro atoms. The topological polar surface area (TPSA) is 54.1 Å². The maximum Gasteiger partial charge on any atom is 0.267 e. The molecule has 0 unspecified atom stereocenters. The molecular formula is C16H17ClN2O2. The molecule has 2 aromatic rings. The van der Waals surface area contributed by atoms with Crippen LogP contribution in [0.25, 0.3) is 0 Å². The number of halogens is 1. The van der Waals surface area contributed by atoms with Gasteiger partial charge >= 0.3 is 0 Å². The van der Waals surface area contributed by atoms with Crippen molar-refractivity contribution in [3.05, 3.63) is 58.9 Å². The molecule has 1 aliphatic rings. The van der Waals surface area contributed by atoms with Crippen molar-refractivity contribution in [1.29, 1.82) is 0 Å². The fourth-order valence-electron chi connectivity index (χ4n) is 2.67. The highest BCUT2D eigenvalue weighted by atomic mass is 35.5. The van der Waals surface area contributed by atoms with Gasteiger partial charge in [0.25, 0.3) is 5.91 Å². The molecule has 21 heavy (non-hydrogen) atoms. The van der Waals surface area contributed by atoms with Crippen LogP contribution in [0.5, 0.6) is 0 Å². The van der Waals surface area contributed by atoms with E-state index in [9.17, 15) is 4.79 Å². The molecule has 2 N–H and O–H groups in total. The summed E-state index contributed by atoms with van der Waals surface area (Å²) in [4.78, 5) is 14.9. The van der Waals surface area contributed by atoms with Gasteiger partial charge in [0.15, 0.2) is 0 Å². The highest BCUT2D eigenvalue weighted by Crippen LogP contribution is 2.33. The first-order valence-corrected chi connectivity index (χ1v) is 7.40. The largest absolute Gasteiger partial charge is 0.373 e. The summed E-state index contributed by atoms with van der Waals surface area (Å²) in [5, 5.41) is 3.48. The van der Waals surface area contributed by atoms with Gasteiger partial charge in [-0.05, 0) is 18.1 Å². The van der Waals surface area contributed by atoms with E-state index in [0.717, 1.165) is 18.6 Å². The van der Waals surface area contributed by atoms with Crippen molar-refractivity contribution in [3.8, 4) is 0 Å². The van der Waals surface area contributed by atoms with Crippen LogP contribution in [0.2, 0.25) is 5.02 Å². The van der Waals surface area contributed by atoms with Crippen LogP contribution in [0.4, 0.5) is 0 Å². The molecule has 1 aliphatic heterocycles. The van der Waals surface area contributed by atoms with Gasteiger partial charge in [0.05, 0.1) is 11.1 Å². The Morgan fingerprint density at radius 2 is 2.19 bits per heavy atom. The first-order valence-electron chi connectivity index (χ1n) is 7.02. The number of benzene rings is 1. The quantitative estimate of drug-likeness (QED) is 0.911. The summed E-state index contributed by atoms with van der Waals surface area (Å²) >= 11 is 5.80. The summed E-state index contributed by atoms with van der Waals surface area (Å²) in [6, 6.07) is 11.8. The number of nitrogens with one attached hydrogen (secondary N) is 2. The van der Waals surface area contributed by atoms with Gasteiger partial charge in [-0.2, -0.15) is 0 Å². The zero-order valence-electron chi connectivity index (χ0n) is 11.5. The van der Waals surface area contributed by atoms with Crippen LogP contribution < -0.4 is 5.32 Å². The second-order valence-corrected chi connectivity index (χ2v) is 5.63. The zero-order chi connectivity index (χ0) is 14.7. The number of carbonyl (C=O) groups is 1. The van der Waals surface area contributed by atoms with Crippen LogP contribution in [0.3, 0.4) is 0 Å². The number of hydrogen-bond donors (Lipinski definition) is 2. The Morgan fingerprint density at radius 3 is 2.90 bits per heavy atom. The molecule has 1 amide bonds. The minimum atomic E-state index is -0.138. The van der Waals surface area contributed by atoms with E-state index in [1.165, 1.54) is 0 Å². The standard InChI is InChI=1S/C16H17ClN2O2/c17-13-8-14(18-10-13)16(20)19-9-12-6-7-21-15(12)11-4-2-1-3-5-11/h1-5,8,10,12,15,18H,6-7,9H2,(H,19,20)/t12-,15-/m1/s1. The summed E-state index contributed by atoms with van der Waals surface area (Å²) in [6.07, 6.45) is 2.60. The molecule has 1 fully saturated rings. The minimum absolute atomic E-state index is 0.0544. The highest BCUT2D eigenvalue weighted by Gasteiger charge is 2.29. The number of rotatable bonds is 4. The van der Waals surface area contributed by atoms with Crippen molar-refractivity contribution >= 4 is 17.5 Å². The number of amides is 1. The number of carbonyl (C=O) groups excluding carboxylic acids is 1. The average molecular weight is 305 g/mol. The van der Waals surface area contributed by atoms with E-state index in [-0.39, 0.29) is 12.0 Å². The Morgan fingerprint density at radius 1 is 1.38 bits per heavy atom. The van der Waals surface area contributed by atoms with Crippen LogP contribution in [0, 0.1) is 5.92 Å². The van der Waals surface area contributed by atoms with Crippen molar-refractivity contribution in [1.82, 2.24) is 10.3 Å². The third-order valence-corrected chi connectivity index (χ3v) is 3.98. The summed E-state index contributed by atoms with van der Waals surface area (Å²) in [7, 11) is 0. The fraction of sp³-hybridized carbons (Fsp3) is 0.312. The Labute approximate surface area is 128 Å². The first kappa shape index (κ1) is 14.2. The van der Waals surface area contributed by atoms with E-state index < -0.39 is 0 Å². The van der Waals surface area contributed by atoms with Crippen molar-refractivity contribution in [2.24, 2.45) is 5.92 Å². The Kier molecular flexibility index (Phi) is 4.27. The third kappa shape index (κ3) is 3.28. The summed E-state index contributed by atoms with van der Waals surface area (Å²) in [6.45, 7) is 1.32. The molecule has 5 heteroatoms. The Bertz CT molecular complexity index is 612. The molecular weight excluding hydrogens is 288 g/mol. The molecule has 2 heterocycles. The number of aromatic nitrogens is 1. The normalized spacial score (nSPS) is 21.4. The Balaban J connectivity index is 1.61. The number of aromatic amines is 1. The predicted octanol–water partition coefficient (Wildman–Crippen LogP) is 3.18. The van der Waals surface area contributed by atoms with E-state index in [1.807, 2.05) is 18.2 Å².